The van der Waals surface area contributed by atoms with Crippen molar-refractivity contribution in [3.05, 3.63) is 66.7 Å². The van der Waals surface area contributed by atoms with E-state index >= 15 is 0 Å². The quantitative estimate of drug-likeness (QED) is 0.636. The number of hydrogen-bond acceptors (Lipinski definition) is 5. The Morgan fingerprint density at radius 1 is 1.00 bits per heavy atom. The predicted molar refractivity (Wildman–Crippen MR) is 119 cm³/mol. The molecule has 8 heteroatoms. The van der Waals surface area contributed by atoms with Crippen molar-refractivity contribution >= 4 is 32.4 Å². The molecular weight excluding hydrogens is 416 g/mol. The van der Waals surface area contributed by atoms with Crippen molar-refractivity contribution < 1.29 is 22.7 Å². The Hall–Kier alpha value is -2.94. The largest absolute Gasteiger partial charge is 0.481 e. The second-order valence-corrected chi connectivity index (χ2v) is 9.24. The van der Waals surface area contributed by atoms with E-state index in [2.05, 4.69) is 5.32 Å². The molecule has 1 saturated heterocycles. The molecule has 0 aliphatic carbocycles. The van der Waals surface area contributed by atoms with Crippen molar-refractivity contribution in [2.45, 2.75) is 17.9 Å². The van der Waals surface area contributed by atoms with Gasteiger partial charge in [0.05, 0.1) is 18.1 Å². The highest BCUT2D eigenvalue weighted by Crippen LogP contribution is 2.22. The van der Waals surface area contributed by atoms with Crippen LogP contribution in [-0.4, -0.2) is 51.0 Å². The predicted octanol–water partition coefficient (Wildman–Crippen LogP) is 3.27. The van der Waals surface area contributed by atoms with Crippen LogP contribution >= 0.6 is 0 Å². The van der Waals surface area contributed by atoms with Crippen molar-refractivity contribution in [1.29, 1.82) is 0 Å². The van der Waals surface area contributed by atoms with Crippen LogP contribution in [0.1, 0.15) is 6.92 Å². The number of rotatable bonds is 6. The molecule has 0 aromatic heterocycles. The molecule has 0 radical (unpaired) electrons. The molecular formula is C23H24N2O5S. The fraction of sp³-hybridized carbons (Fsp3) is 0.261. The first-order chi connectivity index (χ1) is 14.9. The fourth-order valence-corrected chi connectivity index (χ4v) is 4.80. The molecule has 7 nitrogen and oxygen atoms in total. The van der Waals surface area contributed by atoms with E-state index in [9.17, 15) is 13.2 Å². The third-order valence-corrected chi connectivity index (χ3v) is 7.05. The Kier molecular flexibility index (Phi) is 6.22. The number of ether oxygens (including phenoxy) is 2. The molecule has 162 valence electrons. The summed E-state index contributed by atoms with van der Waals surface area (Å²) >= 11 is 0. The summed E-state index contributed by atoms with van der Waals surface area (Å²) in [6.45, 7) is 3.13. The van der Waals surface area contributed by atoms with Crippen LogP contribution in [0.4, 0.5) is 5.69 Å². The van der Waals surface area contributed by atoms with E-state index in [1.165, 1.54) is 16.4 Å². The van der Waals surface area contributed by atoms with E-state index in [0.717, 1.165) is 10.8 Å². The highest BCUT2D eigenvalue weighted by molar-refractivity contribution is 7.89. The SMILES string of the molecule is C[C@@H](Oc1ccc2ccccc2c1)C(=O)Nc1ccc(S(=O)(=O)N2CCOCC2)cc1. The van der Waals surface area contributed by atoms with E-state index in [0.29, 0.717) is 37.7 Å². The number of benzene rings is 3. The molecule has 0 spiro atoms. The summed E-state index contributed by atoms with van der Waals surface area (Å²) < 4.78 is 37.8. The zero-order valence-corrected chi connectivity index (χ0v) is 18.0. The van der Waals surface area contributed by atoms with Gasteiger partial charge in [-0.25, -0.2) is 8.42 Å². The minimum atomic E-state index is -3.57. The number of amides is 1. The van der Waals surface area contributed by atoms with Gasteiger partial charge < -0.3 is 14.8 Å². The van der Waals surface area contributed by atoms with Crippen LogP contribution in [0.5, 0.6) is 5.75 Å². The Balaban J connectivity index is 1.39. The molecule has 0 saturated carbocycles. The molecule has 4 rings (SSSR count). The lowest BCUT2D eigenvalue weighted by Crippen LogP contribution is -2.40. The maximum atomic E-state index is 12.7. The summed E-state index contributed by atoms with van der Waals surface area (Å²) in [5.41, 5.74) is 0.500. The molecule has 1 amide bonds. The van der Waals surface area contributed by atoms with Crippen molar-refractivity contribution in [1.82, 2.24) is 4.31 Å². The molecule has 1 atom stereocenters. The minimum absolute atomic E-state index is 0.188. The first-order valence-corrected chi connectivity index (χ1v) is 11.5. The van der Waals surface area contributed by atoms with Crippen molar-refractivity contribution in [3.63, 3.8) is 0 Å². The van der Waals surface area contributed by atoms with Gasteiger partial charge in [-0.3, -0.25) is 4.79 Å². The van der Waals surface area contributed by atoms with Gasteiger partial charge in [-0.1, -0.05) is 30.3 Å². The standard InChI is InChI=1S/C23H24N2O5S/c1-17(30-21-9-6-18-4-2-3-5-19(18)16-21)23(26)24-20-7-10-22(11-8-20)31(27,28)25-12-14-29-15-13-25/h2-11,16-17H,12-15H2,1H3,(H,24,26)/t17-/m1/s1. The van der Waals surface area contributed by atoms with Gasteiger partial charge in [-0.15, -0.1) is 0 Å². The molecule has 1 N–H and O–H groups in total. The highest BCUT2D eigenvalue weighted by Gasteiger charge is 2.26. The molecule has 1 heterocycles. The average Bonchev–Trinajstić information content (AvgIpc) is 2.80. The van der Waals surface area contributed by atoms with Crippen LogP contribution in [0.2, 0.25) is 0 Å². The number of carbonyl (C=O) groups is 1. The summed E-state index contributed by atoms with van der Waals surface area (Å²) in [6.07, 6.45) is -0.724. The van der Waals surface area contributed by atoms with Crippen molar-refractivity contribution in [2.24, 2.45) is 0 Å². The van der Waals surface area contributed by atoms with Crippen LogP contribution in [0.25, 0.3) is 10.8 Å². The number of anilines is 1. The lowest BCUT2D eigenvalue weighted by molar-refractivity contribution is -0.122. The third-order valence-electron chi connectivity index (χ3n) is 5.13. The maximum Gasteiger partial charge on any atom is 0.265 e. The second kappa shape index (κ2) is 9.05. The van der Waals surface area contributed by atoms with Gasteiger partial charge in [0.1, 0.15) is 5.75 Å². The molecule has 3 aromatic carbocycles. The van der Waals surface area contributed by atoms with Crippen LogP contribution in [0.15, 0.2) is 71.6 Å². The highest BCUT2D eigenvalue weighted by atomic mass is 32.2. The van der Waals surface area contributed by atoms with E-state index in [4.69, 9.17) is 9.47 Å². The zero-order valence-electron chi connectivity index (χ0n) is 17.2. The van der Waals surface area contributed by atoms with E-state index in [1.54, 1.807) is 19.1 Å². The lowest BCUT2D eigenvalue weighted by Gasteiger charge is -2.26. The Bertz CT molecular complexity index is 1170. The second-order valence-electron chi connectivity index (χ2n) is 7.30. The third kappa shape index (κ3) is 4.87. The van der Waals surface area contributed by atoms with Gasteiger partial charge in [0.2, 0.25) is 10.0 Å². The van der Waals surface area contributed by atoms with Crippen LogP contribution in [-0.2, 0) is 19.6 Å². The first kappa shape index (κ1) is 21.3. The molecule has 1 fully saturated rings. The number of sulfonamides is 1. The van der Waals surface area contributed by atoms with E-state index in [1.807, 2.05) is 42.5 Å². The van der Waals surface area contributed by atoms with Crippen molar-refractivity contribution in [2.75, 3.05) is 31.6 Å². The number of morpholine rings is 1. The van der Waals surface area contributed by atoms with Gasteiger partial charge in [-0.05, 0) is 54.1 Å². The van der Waals surface area contributed by atoms with Gasteiger partial charge >= 0.3 is 0 Å². The normalized spacial score (nSPS) is 16.0. The van der Waals surface area contributed by atoms with E-state index in [-0.39, 0.29) is 10.8 Å². The minimum Gasteiger partial charge on any atom is -0.481 e. The molecule has 1 aliphatic rings. The summed E-state index contributed by atoms with van der Waals surface area (Å²) in [6, 6.07) is 19.7. The Morgan fingerprint density at radius 2 is 1.68 bits per heavy atom. The van der Waals surface area contributed by atoms with Crippen LogP contribution in [0.3, 0.4) is 0 Å². The molecule has 0 bridgehead atoms. The zero-order chi connectivity index (χ0) is 21.8. The molecule has 31 heavy (non-hydrogen) atoms. The van der Waals surface area contributed by atoms with E-state index < -0.39 is 16.1 Å². The topological polar surface area (TPSA) is 84.9 Å². The van der Waals surface area contributed by atoms with Gasteiger partial charge in [0.25, 0.3) is 5.91 Å². The van der Waals surface area contributed by atoms with Gasteiger partial charge in [0, 0.05) is 18.8 Å². The number of fused-ring (bicyclic) bond motifs is 1. The summed E-state index contributed by atoms with van der Waals surface area (Å²) in [5, 5.41) is 4.89. The van der Waals surface area contributed by atoms with Gasteiger partial charge in [0.15, 0.2) is 6.10 Å². The smallest absolute Gasteiger partial charge is 0.265 e. The van der Waals surface area contributed by atoms with Crippen LogP contribution < -0.4 is 10.1 Å². The molecule has 3 aromatic rings. The maximum absolute atomic E-state index is 12.7. The molecule has 0 unspecified atom stereocenters. The van der Waals surface area contributed by atoms with Gasteiger partial charge in [-0.2, -0.15) is 4.31 Å². The monoisotopic (exact) mass is 440 g/mol. The average molecular weight is 441 g/mol. The lowest BCUT2D eigenvalue weighted by atomic mass is 10.1. The Labute approximate surface area is 181 Å². The number of carbonyl (C=O) groups excluding carboxylic acids is 1. The summed E-state index contributed by atoms with van der Waals surface area (Å²) in [7, 11) is -3.57. The number of nitrogens with one attached hydrogen (secondary N) is 1. The first-order valence-electron chi connectivity index (χ1n) is 10.1. The summed E-state index contributed by atoms with van der Waals surface area (Å²) in [5.74, 6) is 0.283. The summed E-state index contributed by atoms with van der Waals surface area (Å²) in [4.78, 5) is 12.7. The Morgan fingerprint density at radius 3 is 2.39 bits per heavy atom. The van der Waals surface area contributed by atoms with Crippen molar-refractivity contribution in [3.8, 4) is 5.75 Å². The molecule has 1 aliphatic heterocycles. The number of hydrogen-bond donors (Lipinski definition) is 1. The fourth-order valence-electron chi connectivity index (χ4n) is 3.39. The number of nitrogens with zero attached hydrogens (tertiary/aromatic N) is 1. The van der Waals surface area contributed by atoms with Crippen LogP contribution in [0, 0.1) is 0 Å².